The molecule has 0 aromatic heterocycles. The Morgan fingerprint density at radius 3 is 2.18 bits per heavy atom. The largest absolute Gasteiger partial charge is 0.376 e. The molecule has 8 heteroatoms. The molecule has 2 saturated carbocycles. The van der Waals surface area contributed by atoms with E-state index in [1.54, 1.807) is 24.3 Å². The Bertz CT molecular complexity index is 1070. The predicted octanol–water partition coefficient (Wildman–Crippen LogP) is 1.25. The summed E-state index contributed by atoms with van der Waals surface area (Å²) in [6, 6.07) is 13.9. The molecule has 0 heterocycles. The third-order valence-corrected chi connectivity index (χ3v) is 6.78. The van der Waals surface area contributed by atoms with Crippen LogP contribution < -0.4 is 21.8 Å². The maximum atomic E-state index is 12.3. The molecule has 2 amide bonds. The molecule has 178 valence electrons. The van der Waals surface area contributed by atoms with E-state index in [1.807, 2.05) is 12.1 Å². The molecule has 2 aliphatic carbocycles. The number of amides is 2. The fraction of sp³-hybridized carbons (Fsp3) is 0.385. The first-order valence-electron chi connectivity index (χ1n) is 11.6. The highest BCUT2D eigenvalue weighted by molar-refractivity contribution is 5.97. The summed E-state index contributed by atoms with van der Waals surface area (Å²) >= 11 is 0. The number of nitrogens with one attached hydrogen (secondary N) is 3. The van der Waals surface area contributed by atoms with Gasteiger partial charge in [0.15, 0.2) is 0 Å². The first kappa shape index (κ1) is 23.9. The highest BCUT2D eigenvalue weighted by Gasteiger charge is 2.38. The Morgan fingerprint density at radius 2 is 1.65 bits per heavy atom. The summed E-state index contributed by atoms with van der Waals surface area (Å²) in [7, 11) is 0. The van der Waals surface area contributed by atoms with Crippen molar-refractivity contribution in [2.45, 2.75) is 50.5 Å². The molecule has 0 unspecified atom stereocenters. The quantitative estimate of drug-likeness (QED) is 0.159. The maximum absolute atomic E-state index is 12.3. The lowest BCUT2D eigenvalue weighted by Crippen LogP contribution is -2.55. The summed E-state index contributed by atoms with van der Waals surface area (Å²) in [5, 5.41) is 24.1. The van der Waals surface area contributed by atoms with Gasteiger partial charge in [-0.3, -0.25) is 14.8 Å². The van der Waals surface area contributed by atoms with Gasteiger partial charge in [0.05, 0.1) is 0 Å². The number of aliphatic hydroxyl groups is 1. The lowest BCUT2D eigenvalue weighted by molar-refractivity contribution is -0.133. The van der Waals surface area contributed by atoms with Crippen molar-refractivity contribution in [3.63, 3.8) is 0 Å². The second-order valence-electron chi connectivity index (χ2n) is 9.10. The van der Waals surface area contributed by atoms with Crippen LogP contribution in [0.2, 0.25) is 0 Å². The lowest BCUT2D eigenvalue weighted by atomic mass is 9.95. The van der Waals surface area contributed by atoms with Crippen LogP contribution in [0.5, 0.6) is 0 Å². The number of rotatable bonds is 7. The van der Waals surface area contributed by atoms with Crippen LogP contribution in [0.4, 0.5) is 0 Å². The summed E-state index contributed by atoms with van der Waals surface area (Å²) in [6.45, 7) is 0.882. The van der Waals surface area contributed by atoms with Crippen molar-refractivity contribution in [1.29, 1.82) is 0 Å². The lowest BCUT2D eigenvalue weighted by Gasteiger charge is -2.23. The zero-order valence-corrected chi connectivity index (χ0v) is 18.8. The van der Waals surface area contributed by atoms with Gasteiger partial charge in [-0.2, -0.15) is 0 Å². The number of carbonyl (C=O) groups is 2. The van der Waals surface area contributed by atoms with Gasteiger partial charge in [0.1, 0.15) is 12.3 Å². The number of nitrogens with two attached hydrogens (primary N) is 1. The van der Waals surface area contributed by atoms with Gasteiger partial charge in [-0.25, -0.2) is 5.48 Å². The maximum Gasteiger partial charge on any atom is 0.270 e. The Labute approximate surface area is 198 Å². The van der Waals surface area contributed by atoms with E-state index in [2.05, 4.69) is 34.6 Å². The fourth-order valence-electron chi connectivity index (χ4n) is 4.90. The van der Waals surface area contributed by atoms with Crippen molar-refractivity contribution in [1.82, 2.24) is 16.1 Å². The van der Waals surface area contributed by atoms with Crippen molar-refractivity contribution in [2.24, 2.45) is 17.6 Å². The molecule has 2 bridgehead atoms. The van der Waals surface area contributed by atoms with Crippen molar-refractivity contribution in [3.05, 3.63) is 70.8 Å². The van der Waals surface area contributed by atoms with Crippen molar-refractivity contribution in [3.8, 4) is 11.8 Å². The van der Waals surface area contributed by atoms with E-state index < -0.39 is 24.1 Å². The molecular formula is C26H30N4O4. The topological polar surface area (TPSA) is 137 Å². The van der Waals surface area contributed by atoms with Crippen molar-refractivity contribution >= 4 is 11.8 Å². The second-order valence-corrected chi connectivity index (χ2v) is 9.10. The monoisotopic (exact) mass is 462 g/mol. The van der Waals surface area contributed by atoms with Crippen LogP contribution in [-0.2, 0) is 11.3 Å². The van der Waals surface area contributed by atoms with E-state index >= 15 is 0 Å². The van der Waals surface area contributed by atoms with Gasteiger partial charge in [0.25, 0.3) is 11.8 Å². The van der Waals surface area contributed by atoms with Gasteiger partial charge < -0.3 is 21.5 Å². The minimum atomic E-state index is -1.67. The molecule has 2 fully saturated rings. The van der Waals surface area contributed by atoms with E-state index in [-0.39, 0.29) is 5.56 Å². The molecule has 7 N–H and O–H groups in total. The molecule has 5 atom stereocenters. The van der Waals surface area contributed by atoms with E-state index in [9.17, 15) is 14.7 Å². The van der Waals surface area contributed by atoms with E-state index in [1.165, 1.54) is 36.7 Å². The Hall–Kier alpha value is -3.22. The number of hydrogen-bond donors (Lipinski definition) is 6. The van der Waals surface area contributed by atoms with Gasteiger partial charge in [0.2, 0.25) is 0 Å². The predicted molar refractivity (Wildman–Crippen MR) is 126 cm³/mol. The molecule has 2 aromatic carbocycles. The Kier molecular flexibility index (Phi) is 7.60. The van der Waals surface area contributed by atoms with Gasteiger partial charge in [0, 0.05) is 29.3 Å². The fourth-order valence-corrected chi connectivity index (χ4v) is 4.90. The summed E-state index contributed by atoms with van der Waals surface area (Å²) in [5.41, 5.74) is 9.77. The van der Waals surface area contributed by atoms with Crippen LogP contribution in [0.1, 0.15) is 52.7 Å². The van der Waals surface area contributed by atoms with Gasteiger partial charge in [-0.05, 0) is 73.1 Å². The van der Waals surface area contributed by atoms with Crippen LogP contribution in [-0.4, -0.2) is 40.4 Å². The Balaban J connectivity index is 1.30. The zero-order chi connectivity index (χ0) is 24.1. The number of hydroxylamine groups is 1. The van der Waals surface area contributed by atoms with Gasteiger partial charge >= 0.3 is 0 Å². The summed E-state index contributed by atoms with van der Waals surface area (Å²) < 4.78 is 0. The molecule has 0 saturated heterocycles. The molecule has 8 nitrogen and oxygen atoms in total. The van der Waals surface area contributed by atoms with Crippen LogP contribution in [0.25, 0.3) is 0 Å². The van der Waals surface area contributed by atoms with E-state index in [0.717, 1.165) is 29.5 Å². The normalized spacial score (nSPS) is 22.4. The van der Waals surface area contributed by atoms with Gasteiger partial charge in [-0.1, -0.05) is 30.4 Å². The highest BCUT2D eigenvalue weighted by Crippen LogP contribution is 2.44. The molecule has 0 radical (unpaired) electrons. The average molecular weight is 463 g/mol. The van der Waals surface area contributed by atoms with E-state index in [4.69, 9.17) is 10.9 Å². The first-order chi connectivity index (χ1) is 16.4. The molecule has 34 heavy (non-hydrogen) atoms. The average Bonchev–Trinajstić information content (AvgIpc) is 3.48. The van der Waals surface area contributed by atoms with E-state index in [0.29, 0.717) is 6.04 Å². The smallest absolute Gasteiger partial charge is 0.270 e. The first-order valence-corrected chi connectivity index (χ1v) is 11.6. The minimum Gasteiger partial charge on any atom is -0.376 e. The molecule has 0 aliphatic heterocycles. The Morgan fingerprint density at radius 1 is 1.00 bits per heavy atom. The number of fused-ring (bicyclic) bond motifs is 2. The van der Waals surface area contributed by atoms with Crippen LogP contribution in [0.3, 0.4) is 0 Å². The van der Waals surface area contributed by atoms with Gasteiger partial charge in [-0.15, -0.1) is 0 Å². The summed E-state index contributed by atoms with van der Waals surface area (Å²) in [5.74, 6) is 6.36. The van der Waals surface area contributed by atoms with Crippen molar-refractivity contribution in [2.75, 3.05) is 0 Å². The minimum absolute atomic E-state index is 0.259. The number of carbonyl (C=O) groups excluding carboxylic acids is 2. The van der Waals surface area contributed by atoms with Crippen LogP contribution in [0, 0.1) is 23.7 Å². The SMILES string of the molecule is N[C@@H](O)[C@H](NC(=O)c1ccc(C#Cc2ccc(CN[C@@H]3C[C@H]4CC[C@@H]3C4)cc2)cc1)C(=O)NO. The molecular weight excluding hydrogens is 432 g/mol. The zero-order valence-electron chi connectivity index (χ0n) is 18.8. The molecule has 2 aliphatic rings. The highest BCUT2D eigenvalue weighted by atomic mass is 16.5. The molecule has 0 spiro atoms. The number of aliphatic hydroxyl groups excluding tert-OH is 1. The number of benzene rings is 2. The third-order valence-electron chi connectivity index (χ3n) is 6.78. The molecule has 4 rings (SSSR count). The van der Waals surface area contributed by atoms with Crippen LogP contribution in [0.15, 0.2) is 48.5 Å². The number of hydrogen-bond acceptors (Lipinski definition) is 6. The second kappa shape index (κ2) is 10.8. The van der Waals surface area contributed by atoms with Crippen molar-refractivity contribution < 1.29 is 19.9 Å². The molecule has 2 aromatic rings. The summed E-state index contributed by atoms with van der Waals surface area (Å²) in [4.78, 5) is 23.8. The third kappa shape index (κ3) is 5.82. The van der Waals surface area contributed by atoms with Crippen LogP contribution >= 0.6 is 0 Å². The summed E-state index contributed by atoms with van der Waals surface area (Å²) in [6.07, 6.45) is 3.84. The standard InChI is InChI=1S/C26H30N4O4/c27-24(31)23(26(33)30-34)29-25(32)20-10-7-17(8-11-20)2-1-16-3-5-18(6-4-16)15-28-22-14-19-9-12-21(22)13-19/h3-8,10-11,19,21-24,28,31,34H,9,12-15,27H2,(H,29,32)(H,30,33)/t19-,21+,22+,23-,24-/m0/s1.